The van der Waals surface area contributed by atoms with Crippen LogP contribution < -0.4 is 0 Å². The zero-order chi connectivity index (χ0) is 0. The molecule has 0 amide bonds. The fourth-order valence-corrected chi connectivity index (χ4v) is 0. The van der Waals surface area contributed by atoms with Crippen LogP contribution in [0, 0.1) is 0 Å². The second-order valence-corrected chi connectivity index (χ2v) is 0. The van der Waals surface area contributed by atoms with Crippen LogP contribution in [0.1, 0.15) is 0 Å². The van der Waals surface area contributed by atoms with Crippen molar-refractivity contribution in [3.8, 4) is 0 Å². The minimum absolute atomic E-state index is 0. The molecule has 0 aromatic heterocycles. The third-order valence-corrected chi connectivity index (χ3v) is 0. The van der Waals surface area contributed by atoms with E-state index in [1.165, 1.54) is 0 Å². The van der Waals surface area contributed by atoms with Gasteiger partial charge in [-0.05, 0) is 0 Å². The first-order valence-electron chi connectivity index (χ1n) is 0. The van der Waals surface area contributed by atoms with Crippen LogP contribution in [0.25, 0.3) is 0 Å². The summed E-state index contributed by atoms with van der Waals surface area (Å²) in [6.45, 7) is 0. The zero-order valence-corrected chi connectivity index (χ0v) is 7.65. The SMILES string of the molecule is [B].[B].[B].[B].[B].[B].[Sr]. The molecule has 0 nitrogen and oxygen atoms in total. The Morgan fingerprint density at radius 2 is 0.286 bits per heavy atom. The Morgan fingerprint density at radius 1 is 0.286 bits per heavy atom. The van der Waals surface area contributed by atoms with Gasteiger partial charge in [0.15, 0.2) is 0 Å². The summed E-state index contributed by atoms with van der Waals surface area (Å²) >= 11 is 0. The average Bonchev–Trinajstić information content (AvgIpc) is 0. The minimum atomic E-state index is 0. The summed E-state index contributed by atoms with van der Waals surface area (Å²) in [5.41, 5.74) is 0. The molecule has 0 heterocycles. The number of hydrogen-bond acceptors (Lipinski definition) is 0. The van der Waals surface area contributed by atoms with Gasteiger partial charge in [-0.1, -0.05) is 0 Å². The van der Waals surface area contributed by atoms with Crippen LogP contribution in [0.5, 0.6) is 0 Å². The fourth-order valence-electron chi connectivity index (χ4n) is 0. The summed E-state index contributed by atoms with van der Waals surface area (Å²) in [5.74, 6) is 0. The minimum Gasteiger partial charge on any atom is 0 e. The summed E-state index contributed by atoms with van der Waals surface area (Å²) in [6, 6.07) is 0. The smallest absolute Gasteiger partial charge is 0 e. The third kappa shape index (κ3) is 77.5. The molecule has 0 aromatic rings. The predicted molar refractivity (Wildman–Crippen MR) is 40.3 cm³/mol. The van der Waals surface area contributed by atoms with Gasteiger partial charge in [-0.15, -0.1) is 0 Å². The van der Waals surface area contributed by atoms with E-state index in [0.29, 0.717) is 0 Å². The normalized spacial score (nSPS) is 0. The van der Waals surface area contributed by atoms with Crippen LogP contribution in [-0.2, 0) is 0 Å². The number of rotatable bonds is 0. The molecule has 0 saturated heterocycles. The number of hydrogen-bond donors (Lipinski definition) is 0. The van der Waals surface area contributed by atoms with Gasteiger partial charge in [0.1, 0.15) is 0 Å². The first-order chi connectivity index (χ1) is 0. The maximum Gasteiger partial charge on any atom is 0 e. The van der Waals surface area contributed by atoms with Crippen molar-refractivity contribution >= 4 is 96.0 Å². The van der Waals surface area contributed by atoms with Gasteiger partial charge in [-0.2, -0.15) is 0 Å². The van der Waals surface area contributed by atoms with Gasteiger partial charge in [0.05, 0.1) is 0 Å². The van der Waals surface area contributed by atoms with Gasteiger partial charge in [-0.25, -0.2) is 0 Å². The molecule has 0 fully saturated rings. The quantitative estimate of drug-likeness (QED) is 0.332. The standard InChI is InChI=1S/6B.Sr. The molecule has 0 unspecified atom stereocenters. The molecular weight excluding hydrogens is 152 g/mol. The molecule has 0 N–H and O–H groups in total. The van der Waals surface area contributed by atoms with Crippen molar-refractivity contribution in [2.45, 2.75) is 0 Å². The molecule has 0 spiro atoms. The predicted octanol–water partition coefficient (Wildman–Crippen LogP) is -2.67. The van der Waals surface area contributed by atoms with Crippen molar-refractivity contribution in [3.05, 3.63) is 0 Å². The van der Waals surface area contributed by atoms with Gasteiger partial charge < -0.3 is 0 Å². The largest absolute Gasteiger partial charge is 0 e. The zero-order valence-electron chi connectivity index (χ0n) is 4.17. The van der Waals surface area contributed by atoms with Gasteiger partial charge in [-0.3, -0.25) is 0 Å². The van der Waals surface area contributed by atoms with Gasteiger partial charge in [0, 0.05) is 96.0 Å². The van der Waals surface area contributed by atoms with Crippen molar-refractivity contribution in [1.82, 2.24) is 0 Å². The fraction of sp³-hybridized carbons (Fsp3) is 0. The Labute approximate surface area is 94.7 Å². The van der Waals surface area contributed by atoms with E-state index in [2.05, 4.69) is 0 Å². The molecule has 0 aliphatic carbocycles. The molecule has 0 rings (SSSR count). The van der Waals surface area contributed by atoms with Crippen LogP contribution in [0.15, 0.2) is 0 Å². The van der Waals surface area contributed by atoms with Crippen LogP contribution in [-0.4, -0.2) is 96.0 Å². The third-order valence-electron chi connectivity index (χ3n) is 0. The van der Waals surface area contributed by atoms with Crippen molar-refractivity contribution in [1.29, 1.82) is 0 Å². The topological polar surface area (TPSA) is 0 Å². The van der Waals surface area contributed by atoms with E-state index in [1.807, 2.05) is 0 Å². The molecule has 0 aliphatic heterocycles. The Kier molecular flexibility index (Phi) is 2380. The van der Waals surface area contributed by atoms with E-state index in [0.717, 1.165) is 0 Å². The summed E-state index contributed by atoms with van der Waals surface area (Å²) in [6.07, 6.45) is 0. The molecular formula is B6Sr. The van der Waals surface area contributed by atoms with Crippen molar-refractivity contribution < 1.29 is 0 Å². The molecule has 0 bridgehead atoms. The Hall–Kier alpha value is 1.87. The molecule has 0 aliphatic rings. The van der Waals surface area contributed by atoms with E-state index < -0.39 is 0 Å². The molecule has 0 saturated carbocycles. The van der Waals surface area contributed by atoms with E-state index in [9.17, 15) is 0 Å². The Morgan fingerprint density at radius 3 is 0.286 bits per heavy atom. The molecule has 7 heavy (non-hydrogen) atoms. The summed E-state index contributed by atoms with van der Waals surface area (Å²) < 4.78 is 0. The van der Waals surface area contributed by atoms with Crippen molar-refractivity contribution in [2.24, 2.45) is 0 Å². The average molecular weight is 152 g/mol. The van der Waals surface area contributed by atoms with Gasteiger partial charge >= 0.3 is 0 Å². The molecule has 0 atom stereocenters. The first kappa shape index (κ1) is 157. The van der Waals surface area contributed by atoms with E-state index in [-0.39, 0.29) is 96.0 Å². The molecule has 20 radical (unpaired) electrons. The maximum absolute atomic E-state index is 0. The van der Waals surface area contributed by atoms with E-state index in [4.69, 9.17) is 0 Å². The monoisotopic (exact) mass is 154 g/mol. The van der Waals surface area contributed by atoms with Gasteiger partial charge in [0.25, 0.3) is 0 Å². The van der Waals surface area contributed by atoms with Crippen molar-refractivity contribution in [3.63, 3.8) is 0 Å². The second-order valence-electron chi connectivity index (χ2n) is 0. The second kappa shape index (κ2) is 106. The Balaban J connectivity index is 0. The maximum atomic E-state index is 0. The molecule has 20 valence electrons. The Bertz CT molecular complexity index is 4.14. The van der Waals surface area contributed by atoms with Crippen molar-refractivity contribution in [2.75, 3.05) is 0 Å². The molecule has 7 heteroatoms. The van der Waals surface area contributed by atoms with Crippen LogP contribution in [0.2, 0.25) is 0 Å². The van der Waals surface area contributed by atoms with E-state index in [1.54, 1.807) is 0 Å². The first-order valence-corrected chi connectivity index (χ1v) is 0. The van der Waals surface area contributed by atoms with Crippen LogP contribution >= 0.6 is 0 Å². The summed E-state index contributed by atoms with van der Waals surface area (Å²) in [5, 5.41) is 0. The molecule has 0 aromatic carbocycles. The summed E-state index contributed by atoms with van der Waals surface area (Å²) in [7, 11) is 0. The summed E-state index contributed by atoms with van der Waals surface area (Å²) in [4.78, 5) is 0. The van der Waals surface area contributed by atoms with E-state index >= 15 is 0 Å². The van der Waals surface area contributed by atoms with Crippen LogP contribution in [0.4, 0.5) is 0 Å². The van der Waals surface area contributed by atoms with Gasteiger partial charge in [0.2, 0.25) is 0 Å². The van der Waals surface area contributed by atoms with Crippen LogP contribution in [0.3, 0.4) is 0 Å².